The van der Waals surface area contributed by atoms with E-state index in [4.69, 9.17) is 4.74 Å². The maximum Gasteiger partial charge on any atom is 0.257 e. The van der Waals surface area contributed by atoms with Crippen LogP contribution < -0.4 is 10.2 Å². The van der Waals surface area contributed by atoms with Gasteiger partial charge >= 0.3 is 0 Å². The Morgan fingerprint density at radius 3 is 2.49 bits per heavy atom. The van der Waals surface area contributed by atoms with Gasteiger partial charge in [0.2, 0.25) is 10.0 Å². The molecule has 5 rings (SSSR count). The third-order valence-corrected chi connectivity index (χ3v) is 8.16. The Balaban J connectivity index is 1.44. The standard InChI is InChI=1S/C24H28N6O4S/c31-24(19-5-8-23(25-18-19)30-12-4-9-26-30)27-21-17-20(35(32,33)29-13-15-34-16-14-29)6-7-22(21)28-10-2-1-3-11-28/h4-9,12,17-18H,1-3,10-11,13-16H2,(H,27,31). The lowest BCUT2D eigenvalue weighted by Gasteiger charge is -2.31. The molecule has 1 amide bonds. The molecule has 35 heavy (non-hydrogen) atoms. The van der Waals surface area contributed by atoms with Crippen molar-refractivity contribution >= 4 is 27.3 Å². The molecule has 4 heterocycles. The minimum Gasteiger partial charge on any atom is -0.379 e. The van der Waals surface area contributed by atoms with E-state index < -0.39 is 10.0 Å². The van der Waals surface area contributed by atoms with Gasteiger partial charge in [0.05, 0.1) is 35.0 Å². The van der Waals surface area contributed by atoms with Crippen LogP contribution >= 0.6 is 0 Å². The van der Waals surface area contributed by atoms with Gasteiger partial charge in [-0.1, -0.05) is 0 Å². The molecule has 2 aromatic heterocycles. The summed E-state index contributed by atoms with van der Waals surface area (Å²) < 4.78 is 34.9. The molecule has 0 spiro atoms. The molecule has 0 atom stereocenters. The molecule has 2 aliphatic rings. The predicted octanol–water partition coefficient (Wildman–Crippen LogP) is 2.53. The van der Waals surface area contributed by atoms with E-state index in [1.807, 2.05) is 0 Å². The highest BCUT2D eigenvalue weighted by Crippen LogP contribution is 2.32. The van der Waals surface area contributed by atoms with Crippen molar-refractivity contribution in [3.05, 3.63) is 60.6 Å². The Kier molecular flexibility index (Phi) is 6.80. The van der Waals surface area contributed by atoms with Crippen LogP contribution in [-0.2, 0) is 14.8 Å². The number of carbonyl (C=O) groups is 1. The smallest absolute Gasteiger partial charge is 0.257 e. The summed E-state index contributed by atoms with van der Waals surface area (Å²) in [7, 11) is -3.70. The van der Waals surface area contributed by atoms with Gasteiger partial charge in [-0.3, -0.25) is 4.79 Å². The van der Waals surface area contributed by atoms with Crippen LogP contribution in [0.2, 0.25) is 0 Å². The van der Waals surface area contributed by atoms with Crippen LogP contribution in [0.5, 0.6) is 0 Å². The third-order valence-electron chi connectivity index (χ3n) is 6.27. The molecule has 10 nitrogen and oxygen atoms in total. The second-order valence-corrected chi connectivity index (χ2v) is 10.5. The number of carbonyl (C=O) groups excluding carboxylic acids is 1. The van der Waals surface area contributed by atoms with Gasteiger partial charge in [-0.25, -0.2) is 18.1 Å². The molecule has 0 aliphatic carbocycles. The van der Waals surface area contributed by atoms with Crippen LogP contribution in [0.25, 0.3) is 5.82 Å². The summed E-state index contributed by atoms with van der Waals surface area (Å²) in [4.78, 5) is 19.8. The van der Waals surface area contributed by atoms with Gasteiger partial charge < -0.3 is 15.0 Å². The van der Waals surface area contributed by atoms with Gasteiger partial charge in [-0.2, -0.15) is 9.40 Å². The van der Waals surface area contributed by atoms with Crippen LogP contribution in [0.15, 0.2) is 59.9 Å². The van der Waals surface area contributed by atoms with Gasteiger partial charge in [-0.05, 0) is 55.7 Å². The molecule has 2 saturated heterocycles. The number of amides is 1. The fourth-order valence-electron chi connectivity index (χ4n) is 4.38. The summed E-state index contributed by atoms with van der Waals surface area (Å²) in [5.41, 5.74) is 1.66. The fourth-order valence-corrected chi connectivity index (χ4v) is 5.81. The number of aromatic nitrogens is 3. The molecule has 2 aliphatic heterocycles. The molecule has 0 radical (unpaired) electrons. The molecular weight excluding hydrogens is 468 g/mol. The van der Waals surface area contributed by atoms with Crippen molar-refractivity contribution in [2.45, 2.75) is 24.2 Å². The van der Waals surface area contributed by atoms with Crippen molar-refractivity contribution in [1.82, 2.24) is 19.1 Å². The summed E-state index contributed by atoms with van der Waals surface area (Å²) in [5, 5.41) is 7.09. The van der Waals surface area contributed by atoms with Gasteiger partial charge in [-0.15, -0.1) is 0 Å². The number of benzene rings is 1. The number of sulfonamides is 1. The average molecular weight is 497 g/mol. The minimum atomic E-state index is -3.70. The average Bonchev–Trinajstić information content (AvgIpc) is 3.45. The van der Waals surface area contributed by atoms with Gasteiger partial charge in [0, 0.05) is 44.8 Å². The van der Waals surface area contributed by atoms with Crippen molar-refractivity contribution in [2.75, 3.05) is 49.6 Å². The molecule has 1 N–H and O–H groups in total. The van der Waals surface area contributed by atoms with E-state index in [0.717, 1.165) is 38.0 Å². The minimum absolute atomic E-state index is 0.155. The zero-order valence-corrected chi connectivity index (χ0v) is 20.2. The zero-order valence-electron chi connectivity index (χ0n) is 19.3. The highest BCUT2D eigenvalue weighted by atomic mass is 32.2. The number of morpholine rings is 1. The number of rotatable bonds is 6. The van der Waals surface area contributed by atoms with E-state index in [1.54, 1.807) is 53.5 Å². The van der Waals surface area contributed by atoms with E-state index in [9.17, 15) is 13.2 Å². The monoisotopic (exact) mass is 496 g/mol. The normalized spacial score (nSPS) is 17.3. The molecule has 184 valence electrons. The number of anilines is 2. The molecule has 2 fully saturated rings. The topological polar surface area (TPSA) is 110 Å². The van der Waals surface area contributed by atoms with Crippen LogP contribution in [0.4, 0.5) is 11.4 Å². The first-order valence-corrected chi connectivity index (χ1v) is 13.2. The number of nitrogens with zero attached hydrogens (tertiary/aromatic N) is 5. The second kappa shape index (κ2) is 10.1. The lowest BCUT2D eigenvalue weighted by molar-refractivity contribution is 0.0730. The summed E-state index contributed by atoms with van der Waals surface area (Å²) in [5.74, 6) is 0.239. The number of nitrogens with one attached hydrogen (secondary N) is 1. The van der Waals surface area contributed by atoms with Crippen molar-refractivity contribution in [3.63, 3.8) is 0 Å². The maximum atomic E-state index is 13.3. The Bertz CT molecular complexity index is 1270. The first kappa shape index (κ1) is 23.5. The number of ether oxygens (including phenoxy) is 1. The summed E-state index contributed by atoms with van der Waals surface area (Å²) in [6, 6.07) is 10.2. The third kappa shape index (κ3) is 5.07. The highest BCUT2D eigenvalue weighted by molar-refractivity contribution is 7.89. The van der Waals surface area contributed by atoms with Crippen molar-refractivity contribution in [2.24, 2.45) is 0 Å². The Hall–Kier alpha value is -3.28. The van der Waals surface area contributed by atoms with E-state index in [1.165, 1.54) is 10.5 Å². The van der Waals surface area contributed by atoms with Crippen molar-refractivity contribution in [1.29, 1.82) is 0 Å². The molecule has 3 aromatic rings. The SMILES string of the molecule is O=C(Nc1cc(S(=O)(=O)N2CCOCC2)ccc1N1CCCCC1)c1ccc(-n2cccn2)nc1. The number of piperidine rings is 1. The summed E-state index contributed by atoms with van der Waals surface area (Å²) >= 11 is 0. The molecule has 0 bridgehead atoms. The fraction of sp³-hybridized carbons (Fsp3) is 0.375. The van der Waals surface area contributed by atoms with E-state index in [2.05, 4.69) is 20.3 Å². The summed E-state index contributed by atoms with van der Waals surface area (Å²) in [6.45, 7) is 3.09. The van der Waals surface area contributed by atoms with Gasteiger partial charge in [0.25, 0.3) is 5.91 Å². The number of pyridine rings is 1. The van der Waals surface area contributed by atoms with E-state index in [-0.39, 0.29) is 10.8 Å². The van der Waals surface area contributed by atoms with Crippen LogP contribution in [0.3, 0.4) is 0 Å². The largest absolute Gasteiger partial charge is 0.379 e. The quantitative estimate of drug-likeness (QED) is 0.558. The van der Waals surface area contributed by atoms with Crippen molar-refractivity contribution < 1.29 is 17.9 Å². The lowest BCUT2D eigenvalue weighted by atomic mass is 10.1. The van der Waals surface area contributed by atoms with Crippen molar-refractivity contribution in [3.8, 4) is 5.82 Å². The first-order valence-electron chi connectivity index (χ1n) is 11.8. The van der Waals surface area contributed by atoms with Crippen LogP contribution in [-0.4, -0.2) is 72.8 Å². The van der Waals surface area contributed by atoms with Crippen LogP contribution in [0, 0.1) is 0 Å². The zero-order chi connectivity index (χ0) is 24.3. The predicted molar refractivity (Wildman–Crippen MR) is 131 cm³/mol. The number of hydrogen-bond acceptors (Lipinski definition) is 7. The Morgan fingerprint density at radius 1 is 1.00 bits per heavy atom. The molecule has 1 aromatic carbocycles. The molecule has 0 saturated carbocycles. The van der Waals surface area contributed by atoms with Crippen LogP contribution in [0.1, 0.15) is 29.6 Å². The Labute approximate surface area is 204 Å². The lowest BCUT2D eigenvalue weighted by Crippen LogP contribution is -2.40. The molecular formula is C24H28N6O4S. The maximum absolute atomic E-state index is 13.3. The first-order chi connectivity index (χ1) is 17.0. The van der Waals surface area contributed by atoms with Gasteiger partial charge in [0.1, 0.15) is 0 Å². The second-order valence-electron chi connectivity index (χ2n) is 8.55. The molecule has 0 unspecified atom stereocenters. The van der Waals surface area contributed by atoms with Gasteiger partial charge in [0.15, 0.2) is 5.82 Å². The number of hydrogen-bond donors (Lipinski definition) is 1. The van der Waals surface area contributed by atoms with E-state index in [0.29, 0.717) is 43.4 Å². The highest BCUT2D eigenvalue weighted by Gasteiger charge is 2.28. The molecule has 11 heteroatoms. The summed E-state index contributed by atoms with van der Waals surface area (Å²) in [6.07, 6.45) is 8.19. The van der Waals surface area contributed by atoms with E-state index >= 15 is 0 Å². The Morgan fingerprint density at radius 2 is 1.80 bits per heavy atom.